The van der Waals surface area contributed by atoms with E-state index in [2.05, 4.69) is 4.98 Å². The van der Waals surface area contributed by atoms with Crippen LogP contribution in [0.25, 0.3) is 0 Å². The molecule has 5 nitrogen and oxygen atoms in total. The number of benzene rings is 1. The minimum atomic E-state index is -0.556. The average Bonchev–Trinajstić information content (AvgIpc) is 2.45. The average molecular weight is 272 g/mol. The van der Waals surface area contributed by atoms with Crippen LogP contribution in [0.3, 0.4) is 0 Å². The molecule has 0 saturated heterocycles. The second kappa shape index (κ2) is 4.67. The lowest BCUT2D eigenvalue weighted by atomic mass is 9.87. The molecule has 1 unspecified atom stereocenters. The Labute approximate surface area is 115 Å². The van der Waals surface area contributed by atoms with Crippen LogP contribution in [0.5, 0.6) is 5.88 Å². The van der Waals surface area contributed by atoms with Crippen molar-refractivity contribution < 1.29 is 5.11 Å². The highest BCUT2D eigenvalue weighted by Crippen LogP contribution is 2.33. The minimum absolute atomic E-state index is 0.174. The summed E-state index contributed by atoms with van der Waals surface area (Å²) in [6, 6.07) is 7.70. The zero-order valence-electron chi connectivity index (χ0n) is 11.2. The quantitative estimate of drug-likeness (QED) is 0.825. The van der Waals surface area contributed by atoms with Gasteiger partial charge in [0.05, 0.1) is 11.6 Å². The number of nitrogens with one attached hydrogen (secondary N) is 1. The number of hydrogen-bond acceptors (Lipinski definition) is 3. The number of fused-ring (bicyclic) bond motifs is 1. The molecule has 1 aromatic heterocycles. The first-order valence-electron chi connectivity index (χ1n) is 6.72. The molecule has 2 N–H and O–H groups in total. The number of hydrogen-bond donors (Lipinski definition) is 2. The Morgan fingerprint density at radius 1 is 1.30 bits per heavy atom. The highest BCUT2D eigenvalue weighted by molar-refractivity contribution is 5.34. The van der Waals surface area contributed by atoms with Gasteiger partial charge in [0, 0.05) is 0 Å². The Morgan fingerprint density at radius 3 is 2.85 bits per heavy atom. The van der Waals surface area contributed by atoms with E-state index in [-0.39, 0.29) is 17.5 Å². The molecule has 1 atom stereocenters. The molecular formula is C15H16N2O3. The van der Waals surface area contributed by atoms with Crippen molar-refractivity contribution >= 4 is 0 Å². The third-order valence-corrected chi connectivity index (χ3v) is 3.99. The lowest BCUT2D eigenvalue weighted by Gasteiger charge is -2.27. The van der Waals surface area contributed by atoms with E-state index in [1.54, 1.807) is 0 Å². The monoisotopic (exact) mass is 272 g/mol. The fourth-order valence-electron chi connectivity index (χ4n) is 2.92. The SMILES string of the molecule is Cc1c(O)n(C2CCCc3ccccc32)c(=O)[nH]c1=O. The summed E-state index contributed by atoms with van der Waals surface area (Å²) in [6.45, 7) is 1.51. The number of aromatic hydroxyl groups is 1. The summed E-state index contributed by atoms with van der Waals surface area (Å²) in [5, 5.41) is 10.2. The second-order valence-electron chi connectivity index (χ2n) is 5.18. The van der Waals surface area contributed by atoms with E-state index in [4.69, 9.17) is 0 Å². The van der Waals surface area contributed by atoms with Crippen molar-refractivity contribution in [3.63, 3.8) is 0 Å². The molecule has 1 aromatic carbocycles. The molecule has 0 bridgehead atoms. The van der Waals surface area contributed by atoms with E-state index >= 15 is 0 Å². The van der Waals surface area contributed by atoms with Crippen LogP contribution in [0.2, 0.25) is 0 Å². The smallest absolute Gasteiger partial charge is 0.331 e. The Hall–Kier alpha value is -2.30. The summed E-state index contributed by atoms with van der Waals surface area (Å²) in [4.78, 5) is 25.8. The van der Waals surface area contributed by atoms with Crippen molar-refractivity contribution in [2.75, 3.05) is 0 Å². The number of aromatic amines is 1. The third kappa shape index (κ3) is 1.86. The van der Waals surface area contributed by atoms with Gasteiger partial charge in [0.2, 0.25) is 5.88 Å². The number of aryl methyl sites for hydroxylation is 1. The summed E-state index contributed by atoms with van der Waals surface area (Å²) in [6.07, 6.45) is 2.70. The normalized spacial score (nSPS) is 17.8. The van der Waals surface area contributed by atoms with Gasteiger partial charge in [0.1, 0.15) is 0 Å². The molecule has 1 aliphatic rings. The molecule has 1 aliphatic carbocycles. The standard InChI is InChI=1S/C15H16N2O3/c1-9-13(18)16-15(20)17(14(9)19)12-8-4-6-10-5-2-3-7-11(10)12/h2-3,5,7,12,19H,4,6,8H2,1H3,(H,16,18,20). The highest BCUT2D eigenvalue weighted by atomic mass is 16.3. The van der Waals surface area contributed by atoms with Gasteiger partial charge in [-0.05, 0) is 37.3 Å². The number of H-pyrrole nitrogens is 1. The largest absolute Gasteiger partial charge is 0.494 e. The van der Waals surface area contributed by atoms with Gasteiger partial charge >= 0.3 is 5.69 Å². The van der Waals surface area contributed by atoms with Crippen LogP contribution in [-0.2, 0) is 6.42 Å². The minimum Gasteiger partial charge on any atom is -0.494 e. The van der Waals surface area contributed by atoms with E-state index in [0.29, 0.717) is 0 Å². The van der Waals surface area contributed by atoms with Gasteiger partial charge in [-0.1, -0.05) is 24.3 Å². The predicted octanol–water partition coefficient (Wildman–Crippen LogP) is 1.48. The molecule has 0 amide bonds. The summed E-state index contributed by atoms with van der Waals surface area (Å²) in [5.41, 5.74) is 1.32. The topological polar surface area (TPSA) is 75.1 Å². The zero-order chi connectivity index (χ0) is 14.3. The van der Waals surface area contributed by atoms with Crippen LogP contribution >= 0.6 is 0 Å². The third-order valence-electron chi connectivity index (χ3n) is 3.99. The number of rotatable bonds is 1. The van der Waals surface area contributed by atoms with Crippen molar-refractivity contribution in [1.29, 1.82) is 0 Å². The molecule has 0 aliphatic heterocycles. The van der Waals surface area contributed by atoms with E-state index in [1.807, 2.05) is 24.3 Å². The number of nitrogens with zero attached hydrogens (tertiary/aromatic N) is 1. The van der Waals surface area contributed by atoms with Crippen molar-refractivity contribution in [3.8, 4) is 5.88 Å². The van der Waals surface area contributed by atoms with Crippen LogP contribution < -0.4 is 11.2 Å². The van der Waals surface area contributed by atoms with Gasteiger partial charge < -0.3 is 5.11 Å². The van der Waals surface area contributed by atoms with Crippen LogP contribution in [0.15, 0.2) is 33.9 Å². The predicted molar refractivity (Wildman–Crippen MR) is 75.2 cm³/mol. The second-order valence-corrected chi connectivity index (χ2v) is 5.18. The summed E-state index contributed by atoms with van der Waals surface area (Å²) in [7, 11) is 0. The zero-order valence-corrected chi connectivity index (χ0v) is 11.2. The van der Waals surface area contributed by atoms with Crippen LogP contribution in [0.1, 0.15) is 35.6 Å². The Bertz CT molecular complexity index is 773. The van der Waals surface area contributed by atoms with Gasteiger partial charge in [-0.3, -0.25) is 14.3 Å². The van der Waals surface area contributed by atoms with Crippen molar-refractivity contribution in [2.45, 2.75) is 32.2 Å². The molecule has 0 saturated carbocycles. The van der Waals surface area contributed by atoms with E-state index in [9.17, 15) is 14.7 Å². The Kier molecular flexibility index (Phi) is 2.97. The molecule has 2 aromatic rings. The maximum absolute atomic E-state index is 12.1. The van der Waals surface area contributed by atoms with Crippen molar-refractivity contribution in [3.05, 3.63) is 61.8 Å². The van der Waals surface area contributed by atoms with E-state index < -0.39 is 11.2 Å². The molecule has 20 heavy (non-hydrogen) atoms. The summed E-state index contributed by atoms with van der Waals surface area (Å²) in [5.74, 6) is -0.236. The molecule has 3 rings (SSSR count). The van der Waals surface area contributed by atoms with E-state index in [1.165, 1.54) is 17.1 Å². The first-order chi connectivity index (χ1) is 9.59. The summed E-state index contributed by atoms with van der Waals surface area (Å²) < 4.78 is 1.30. The van der Waals surface area contributed by atoms with Crippen molar-refractivity contribution in [2.24, 2.45) is 0 Å². The lowest BCUT2D eigenvalue weighted by molar-refractivity contribution is 0.359. The molecule has 104 valence electrons. The maximum atomic E-state index is 12.1. The Morgan fingerprint density at radius 2 is 2.05 bits per heavy atom. The van der Waals surface area contributed by atoms with Gasteiger partial charge in [-0.15, -0.1) is 0 Å². The molecule has 0 fully saturated rings. The highest BCUT2D eigenvalue weighted by Gasteiger charge is 2.25. The fraction of sp³-hybridized carbons (Fsp3) is 0.333. The van der Waals surface area contributed by atoms with Gasteiger partial charge in [-0.2, -0.15) is 0 Å². The van der Waals surface area contributed by atoms with Gasteiger partial charge in [0.25, 0.3) is 5.56 Å². The Balaban J connectivity index is 2.24. The first-order valence-corrected chi connectivity index (χ1v) is 6.72. The molecule has 5 heteroatoms. The molecule has 1 heterocycles. The van der Waals surface area contributed by atoms with Crippen LogP contribution in [-0.4, -0.2) is 14.7 Å². The number of aromatic nitrogens is 2. The molecule has 0 spiro atoms. The fourth-order valence-corrected chi connectivity index (χ4v) is 2.92. The first kappa shape index (κ1) is 12.7. The molecule has 0 radical (unpaired) electrons. The van der Waals surface area contributed by atoms with Crippen molar-refractivity contribution in [1.82, 2.24) is 9.55 Å². The molecular weight excluding hydrogens is 256 g/mol. The van der Waals surface area contributed by atoms with E-state index in [0.717, 1.165) is 24.8 Å². The summed E-state index contributed by atoms with van der Waals surface area (Å²) >= 11 is 0. The van der Waals surface area contributed by atoms with Gasteiger partial charge in [-0.25, -0.2) is 4.79 Å². The van der Waals surface area contributed by atoms with Crippen LogP contribution in [0.4, 0.5) is 0 Å². The van der Waals surface area contributed by atoms with Gasteiger partial charge in [0.15, 0.2) is 0 Å². The lowest BCUT2D eigenvalue weighted by Crippen LogP contribution is -2.35. The van der Waals surface area contributed by atoms with Crippen LogP contribution in [0, 0.1) is 6.92 Å². The maximum Gasteiger partial charge on any atom is 0.331 e.